The molecule has 0 aliphatic rings. The largest absolute Gasteiger partial charge is 0.458 e. The first-order valence-electron chi connectivity index (χ1n) is 5.57. The van der Waals surface area contributed by atoms with Crippen LogP contribution in [-0.4, -0.2) is 26.9 Å². The lowest BCUT2D eigenvalue weighted by molar-refractivity contribution is 0.0823. The molecule has 2 rings (SSSR count). The number of para-hydroxylation sites is 1. The number of amides is 1. The van der Waals surface area contributed by atoms with Crippen LogP contribution in [-0.2, 0) is 9.47 Å². The first-order chi connectivity index (χ1) is 8.74. The Morgan fingerprint density at radius 3 is 2.83 bits per heavy atom. The summed E-state index contributed by atoms with van der Waals surface area (Å²) in [7, 11) is 2.88. The fourth-order valence-corrected chi connectivity index (χ4v) is 1.71. The number of furan rings is 1. The fourth-order valence-electron chi connectivity index (χ4n) is 1.71. The number of methoxy groups -OCH3 is 2. The molecule has 0 aliphatic heterocycles. The highest BCUT2D eigenvalue weighted by molar-refractivity contribution is 5.77. The molecule has 0 aliphatic carbocycles. The summed E-state index contributed by atoms with van der Waals surface area (Å²) in [6, 6.07) is 9.60. The van der Waals surface area contributed by atoms with E-state index in [-0.39, 0.29) is 6.10 Å². The summed E-state index contributed by atoms with van der Waals surface area (Å²) < 4.78 is 15.5. The third-order valence-corrected chi connectivity index (χ3v) is 2.66. The molecule has 0 saturated heterocycles. The van der Waals surface area contributed by atoms with Gasteiger partial charge < -0.3 is 19.2 Å². The van der Waals surface area contributed by atoms with Crippen LogP contribution in [0.5, 0.6) is 0 Å². The normalized spacial score (nSPS) is 12.3. The van der Waals surface area contributed by atoms with E-state index in [1.165, 1.54) is 7.11 Å². The summed E-state index contributed by atoms with van der Waals surface area (Å²) in [5.41, 5.74) is 0.799. The van der Waals surface area contributed by atoms with Crippen molar-refractivity contribution in [2.24, 2.45) is 0 Å². The van der Waals surface area contributed by atoms with E-state index in [9.17, 15) is 4.79 Å². The molecule has 0 fully saturated rings. The number of alkyl carbamates (subject to hydrolysis) is 1. The summed E-state index contributed by atoms with van der Waals surface area (Å²) >= 11 is 0. The Hall–Kier alpha value is -2.01. The van der Waals surface area contributed by atoms with Crippen molar-refractivity contribution in [2.45, 2.75) is 6.10 Å². The van der Waals surface area contributed by atoms with Crippen molar-refractivity contribution in [1.29, 1.82) is 0 Å². The van der Waals surface area contributed by atoms with Gasteiger partial charge in [-0.25, -0.2) is 4.79 Å². The van der Waals surface area contributed by atoms with Crippen LogP contribution >= 0.6 is 0 Å². The third kappa shape index (κ3) is 2.62. The molecule has 5 nitrogen and oxygen atoms in total. The van der Waals surface area contributed by atoms with Gasteiger partial charge >= 0.3 is 6.09 Å². The van der Waals surface area contributed by atoms with Crippen LogP contribution in [0, 0.1) is 0 Å². The molecule has 1 aromatic heterocycles. The highest BCUT2D eigenvalue weighted by Crippen LogP contribution is 2.25. The molecule has 2 aromatic rings. The van der Waals surface area contributed by atoms with Crippen LogP contribution in [0.15, 0.2) is 34.7 Å². The lowest BCUT2D eigenvalue weighted by Crippen LogP contribution is -2.28. The number of hydrogen-bond donors (Lipinski definition) is 1. The molecule has 96 valence electrons. The second-order valence-electron chi connectivity index (χ2n) is 3.78. The van der Waals surface area contributed by atoms with Crippen molar-refractivity contribution in [3.63, 3.8) is 0 Å². The van der Waals surface area contributed by atoms with Gasteiger partial charge in [-0.15, -0.1) is 0 Å². The van der Waals surface area contributed by atoms with Crippen molar-refractivity contribution < 1.29 is 18.7 Å². The number of fused-ring (bicyclic) bond motifs is 1. The molecule has 1 aromatic carbocycles. The predicted molar refractivity (Wildman–Crippen MR) is 66.4 cm³/mol. The molecule has 0 spiro atoms. The topological polar surface area (TPSA) is 60.7 Å². The standard InChI is InChI=1S/C13H15NO4/c1-16-12(8-14-13(15)17-2)11-7-9-5-3-4-6-10(9)18-11/h3-7,12H,8H2,1-2H3,(H,14,15). The number of rotatable bonds is 4. The van der Waals surface area contributed by atoms with Crippen molar-refractivity contribution in [1.82, 2.24) is 5.32 Å². The van der Waals surface area contributed by atoms with Crippen molar-refractivity contribution in [3.8, 4) is 0 Å². The Labute approximate surface area is 105 Å². The van der Waals surface area contributed by atoms with Crippen LogP contribution in [0.4, 0.5) is 4.79 Å². The Balaban J connectivity index is 2.14. The molecule has 1 amide bonds. The van der Waals surface area contributed by atoms with E-state index in [1.807, 2.05) is 30.3 Å². The Morgan fingerprint density at radius 2 is 2.17 bits per heavy atom. The molecule has 0 bridgehead atoms. The monoisotopic (exact) mass is 249 g/mol. The maximum absolute atomic E-state index is 11.0. The zero-order chi connectivity index (χ0) is 13.0. The lowest BCUT2D eigenvalue weighted by Gasteiger charge is -2.12. The molecule has 1 atom stereocenters. The van der Waals surface area contributed by atoms with Gasteiger partial charge in [0.05, 0.1) is 13.7 Å². The second-order valence-corrected chi connectivity index (χ2v) is 3.78. The molecule has 0 radical (unpaired) electrons. The van der Waals surface area contributed by atoms with Gasteiger partial charge in [0.1, 0.15) is 17.4 Å². The van der Waals surface area contributed by atoms with Crippen LogP contribution in [0.3, 0.4) is 0 Å². The van der Waals surface area contributed by atoms with Gasteiger partial charge in [-0.2, -0.15) is 0 Å². The number of nitrogens with one attached hydrogen (secondary N) is 1. The molecule has 18 heavy (non-hydrogen) atoms. The van der Waals surface area contributed by atoms with E-state index in [4.69, 9.17) is 9.15 Å². The molecular formula is C13H15NO4. The van der Waals surface area contributed by atoms with Crippen molar-refractivity contribution in [3.05, 3.63) is 36.1 Å². The van der Waals surface area contributed by atoms with Gasteiger partial charge in [0, 0.05) is 12.5 Å². The highest BCUT2D eigenvalue weighted by atomic mass is 16.5. The number of ether oxygens (including phenoxy) is 2. The minimum absolute atomic E-state index is 0.295. The SMILES string of the molecule is COC(=O)NCC(OC)c1cc2ccccc2o1. The minimum Gasteiger partial charge on any atom is -0.458 e. The highest BCUT2D eigenvalue weighted by Gasteiger charge is 2.16. The van der Waals surface area contributed by atoms with Gasteiger partial charge in [-0.3, -0.25) is 0 Å². The molecular weight excluding hydrogens is 234 g/mol. The molecule has 5 heteroatoms. The Morgan fingerprint density at radius 1 is 1.39 bits per heavy atom. The van der Waals surface area contributed by atoms with E-state index in [1.54, 1.807) is 7.11 Å². The third-order valence-electron chi connectivity index (χ3n) is 2.66. The maximum Gasteiger partial charge on any atom is 0.406 e. The number of benzene rings is 1. The minimum atomic E-state index is -0.492. The van der Waals surface area contributed by atoms with Crippen LogP contribution in [0.25, 0.3) is 11.0 Å². The predicted octanol–water partition coefficient (Wildman–Crippen LogP) is 2.48. The van der Waals surface area contributed by atoms with E-state index in [2.05, 4.69) is 10.1 Å². The van der Waals surface area contributed by atoms with Gasteiger partial charge in [0.25, 0.3) is 0 Å². The quantitative estimate of drug-likeness (QED) is 0.904. The summed E-state index contributed by atoms with van der Waals surface area (Å²) in [5, 5.41) is 3.59. The van der Waals surface area contributed by atoms with Gasteiger partial charge in [-0.1, -0.05) is 18.2 Å². The zero-order valence-corrected chi connectivity index (χ0v) is 10.3. The Kier molecular flexibility index (Phi) is 3.84. The second kappa shape index (κ2) is 5.55. The average Bonchev–Trinajstić information content (AvgIpc) is 2.82. The van der Waals surface area contributed by atoms with Crippen molar-refractivity contribution >= 4 is 17.1 Å². The molecule has 1 heterocycles. The number of hydrogen-bond acceptors (Lipinski definition) is 4. The molecule has 1 unspecified atom stereocenters. The van der Waals surface area contributed by atoms with Gasteiger partial charge in [0.15, 0.2) is 0 Å². The maximum atomic E-state index is 11.0. The Bertz CT molecular complexity index is 502. The van der Waals surface area contributed by atoms with Crippen LogP contribution in [0.1, 0.15) is 11.9 Å². The summed E-state index contributed by atoms with van der Waals surface area (Å²) in [5.74, 6) is 0.676. The van der Waals surface area contributed by atoms with E-state index in [0.717, 1.165) is 11.0 Å². The average molecular weight is 249 g/mol. The first kappa shape index (κ1) is 12.4. The van der Waals surface area contributed by atoms with Gasteiger partial charge in [-0.05, 0) is 12.1 Å². The summed E-state index contributed by atoms with van der Waals surface area (Å²) in [4.78, 5) is 11.0. The fraction of sp³-hybridized carbons (Fsp3) is 0.308. The van der Waals surface area contributed by atoms with Crippen LogP contribution in [0.2, 0.25) is 0 Å². The summed E-state index contributed by atoms with van der Waals surface area (Å²) in [6.07, 6.45) is -0.829. The number of carbonyl (C=O) groups is 1. The lowest BCUT2D eigenvalue weighted by atomic mass is 10.2. The number of carbonyl (C=O) groups excluding carboxylic acids is 1. The first-order valence-corrected chi connectivity index (χ1v) is 5.57. The van der Waals surface area contributed by atoms with E-state index >= 15 is 0 Å². The van der Waals surface area contributed by atoms with E-state index < -0.39 is 6.09 Å². The zero-order valence-electron chi connectivity index (χ0n) is 10.3. The van der Waals surface area contributed by atoms with Crippen molar-refractivity contribution in [2.75, 3.05) is 20.8 Å². The van der Waals surface area contributed by atoms with Crippen LogP contribution < -0.4 is 5.32 Å². The summed E-state index contributed by atoms with van der Waals surface area (Å²) in [6.45, 7) is 0.295. The smallest absolute Gasteiger partial charge is 0.406 e. The van der Waals surface area contributed by atoms with Gasteiger partial charge in [0.2, 0.25) is 0 Å². The van der Waals surface area contributed by atoms with E-state index in [0.29, 0.717) is 12.3 Å². The molecule has 0 saturated carbocycles. The molecule has 1 N–H and O–H groups in total.